The molecule has 0 atom stereocenters. The Labute approximate surface area is 144 Å². The standard InChI is InChI=1S/C16H18N2O7/c1-22-9-5-12(23-2)10(13(6-9)24-3)7-11-15(20)18(16(21)17-11)8-14(19)25-4/h5-7H,8H2,1-4H3,(H,17,21)/b11-7+. The van der Waals surface area contributed by atoms with E-state index < -0.39 is 24.5 Å². The monoisotopic (exact) mass is 350 g/mol. The van der Waals surface area contributed by atoms with Crippen molar-refractivity contribution in [2.24, 2.45) is 0 Å². The highest BCUT2D eigenvalue weighted by molar-refractivity contribution is 6.15. The summed E-state index contributed by atoms with van der Waals surface area (Å²) in [5.74, 6) is -0.0843. The minimum Gasteiger partial charge on any atom is -0.496 e. The number of rotatable bonds is 6. The summed E-state index contributed by atoms with van der Waals surface area (Å²) < 4.78 is 20.2. The van der Waals surface area contributed by atoms with Gasteiger partial charge in [0.05, 0.1) is 34.0 Å². The van der Waals surface area contributed by atoms with E-state index in [9.17, 15) is 14.4 Å². The van der Waals surface area contributed by atoms with Gasteiger partial charge in [-0.25, -0.2) is 9.69 Å². The van der Waals surface area contributed by atoms with Gasteiger partial charge < -0.3 is 24.3 Å². The quantitative estimate of drug-likeness (QED) is 0.459. The van der Waals surface area contributed by atoms with E-state index in [2.05, 4.69) is 10.1 Å². The molecule has 1 N–H and O–H groups in total. The van der Waals surface area contributed by atoms with Crippen molar-refractivity contribution in [3.8, 4) is 17.2 Å². The first-order valence-corrected chi connectivity index (χ1v) is 7.16. The molecule has 9 nitrogen and oxygen atoms in total. The number of imide groups is 1. The lowest BCUT2D eigenvalue weighted by atomic mass is 10.1. The van der Waals surface area contributed by atoms with E-state index in [-0.39, 0.29) is 5.70 Å². The molecule has 1 aliphatic rings. The number of carbonyl (C=O) groups is 3. The summed E-state index contributed by atoms with van der Waals surface area (Å²) in [6.07, 6.45) is 1.41. The molecule has 1 aliphatic heterocycles. The van der Waals surface area contributed by atoms with E-state index in [1.165, 1.54) is 34.5 Å². The van der Waals surface area contributed by atoms with Gasteiger partial charge in [-0.1, -0.05) is 0 Å². The molecule has 3 amide bonds. The maximum atomic E-state index is 12.4. The number of nitrogens with one attached hydrogen (secondary N) is 1. The first-order valence-electron chi connectivity index (χ1n) is 7.16. The molecule has 25 heavy (non-hydrogen) atoms. The van der Waals surface area contributed by atoms with Gasteiger partial charge in [0.1, 0.15) is 29.5 Å². The van der Waals surface area contributed by atoms with Crippen molar-refractivity contribution in [3.05, 3.63) is 23.4 Å². The first-order chi connectivity index (χ1) is 11.9. The van der Waals surface area contributed by atoms with Gasteiger partial charge in [-0.15, -0.1) is 0 Å². The fourth-order valence-corrected chi connectivity index (χ4v) is 2.23. The van der Waals surface area contributed by atoms with Gasteiger partial charge in [0.15, 0.2) is 0 Å². The summed E-state index contributed by atoms with van der Waals surface area (Å²) in [5.41, 5.74) is 0.421. The molecule has 9 heteroatoms. The highest BCUT2D eigenvalue weighted by Gasteiger charge is 2.35. The molecule has 0 unspecified atom stereocenters. The third-order valence-electron chi connectivity index (χ3n) is 3.52. The molecule has 1 heterocycles. The molecular weight excluding hydrogens is 332 g/mol. The van der Waals surface area contributed by atoms with Crippen LogP contribution in [-0.2, 0) is 14.3 Å². The lowest BCUT2D eigenvalue weighted by molar-refractivity contribution is -0.143. The molecule has 1 saturated heterocycles. The Hall–Kier alpha value is -3.23. The number of esters is 1. The first kappa shape index (κ1) is 18.1. The number of amides is 3. The Bertz CT molecular complexity index is 717. The largest absolute Gasteiger partial charge is 0.496 e. The molecule has 134 valence electrons. The van der Waals surface area contributed by atoms with Gasteiger partial charge in [0.25, 0.3) is 5.91 Å². The third kappa shape index (κ3) is 3.65. The molecule has 0 aliphatic carbocycles. The van der Waals surface area contributed by atoms with E-state index in [4.69, 9.17) is 14.2 Å². The number of urea groups is 1. The van der Waals surface area contributed by atoms with Crippen LogP contribution in [0, 0.1) is 0 Å². The summed E-state index contributed by atoms with van der Waals surface area (Å²) in [7, 11) is 5.58. The van der Waals surface area contributed by atoms with Crippen LogP contribution in [0.2, 0.25) is 0 Å². The van der Waals surface area contributed by atoms with Gasteiger partial charge in [-0.3, -0.25) is 9.59 Å². The minimum atomic E-state index is -0.715. The van der Waals surface area contributed by atoms with Crippen LogP contribution in [0.25, 0.3) is 6.08 Å². The fraction of sp³-hybridized carbons (Fsp3) is 0.312. The predicted molar refractivity (Wildman–Crippen MR) is 86.3 cm³/mol. The molecule has 0 bridgehead atoms. The Kier molecular flexibility index (Phi) is 5.48. The lowest BCUT2D eigenvalue weighted by Crippen LogP contribution is -2.36. The number of nitrogens with zero attached hydrogens (tertiary/aromatic N) is 1. The number of hydrogen-bond donors (Lipinski definition) is 1. The summed E-state index contributed by atoms with van der Waals surface area (Å²) in [5, 5.41) is 2.41. The lowest BCUT2D eigenvalue weighted by Gasteiger charge is -2.13. The van der Waals surface area contributed by atoms with Crippen LogP contribution in [0.15, 0.2) is 17.8 Å². The topological polar surface area (TPSA) is 103 Å². The van der Waals surface area contributed by atoms with Crippen LogP contribution in [0.3, 0.4) is 0 Å². The van der Waals surface area contributed by atoms with E-state index in [0.29, 0.717) is 22.8 Å². The summed E-state index contributed by atoms with van der Waals surface area (Å²) in [4.78, 5) is 36.3. The number of methoxy groups -OCH3 is 4. The third-order valence-corrected chi connectivity index (χ3v) is 3.52. The van der Waals surface area contributed by atoms with Crippen LogP contribution in [-0.4, -0.2) is 57.8 Å². The van der Waals surface area contributed by atoms with Crippen LogP contribution >= 0.6 is 0 Å². The fourth-order valence-electron chi connectivity index (χ4n) is 2.23. The normalized spacial score (nSPS) is 15.2. The molecule has 0 spiro atoms. The number of ether oxygens (including phenoxy) is 4. The zero-order valence-electron chi connectivity index (χ0n) is 14.2. The second-order valence-corrected chi connectivity index (χ2v) is 4.90. The molecule has 0 saturated carbocycles. The summed E-state index contributed by atoms with van der Waals surface area (Å²) in [6, 6.07) is 2.51. The molecule has 1 aromatic rings. The Morgan fingerprint density at radius 3 is 2.16 bits per heavy atom. The average Bonchev–Trinajstić information content (AvgIpc) is 2.88. The number of hydrogen-bond acceptors (Lipinski definition) is 7. The van der Waals surface area contributed by atoms with Crippen molar-refractivity contribution in [1.29, 1.82) is 0 Å². The van der Waals surface area contributed by atoms with Gasteiger partial charge in [0.2, 0.25) is 0 Å². The molecule has 2 rings (SSSR count). The van der Waals surface area contributed by atoms with Gasteiger partial charge >= 0.3 is 12.0 Å². The van der Waals surface area contributed by atoms with Crippen LogP contribution in [0.5, 0.6) is 17.2 Å². The van der Waals surface area contributed by atoms with Crippen molar-refractivity contribution in [2.75, 3.05) is 35.0 Å². The number of carbonyl (C=O) groups excluding carboxylic acids is 3. The second kappa shape index (κ2) is 7.56. The zero-order valence-corrected chi connectivity index (χ0v) is 14.2. The molecule has 1 fully saturated rings. The zero-order chi connectivity index (χ0) is 18.6. The Morgan fingerprint density at radius 2 is 1.68 bits per heavy atom. The molecule has 0 radical (unpaired) electrons. The van der Waals surface area contributed by atoms with Gasteiger partial charge in [-0.05, 0) is 6.08 Å². The van der Waals surface area contributed by atoms with Crippen molar-refractivity contribution in [2.45, 2.75) is 0 Å². The molecule has 1 aromatic carbocycles. The molecular formula is C16H18N2O7. The van der Waals surface area contributed by atoms with Gasteiger partial charge in [0, 0.05) is 12.1 Å². The summed E-state index contributed by atoms with van der Waals surface area (Å²) >= 11 is 0. The smallest absolute Gasteiger partial charge is 0.329 e. The Balaban J connectivity index is 2.42. The van der Waals surface area contributed by atoms with Crippen molar-refractivity contribution < 1.29 is 33.3 Å². The van der Waals surface area contributed by atoms with E-state index in [0.717, 1.165) is 4.90 Å². The molecule has 0 aromatic heterocycles. The average molecular weight is 350 g/mol. The van der Waals surface area contributed by atoms with E-state index in [1.54, 1.807) is 12.1 Å². The van der Waals surface area contributed by atoms with Crippen molar-refractivity contribution >= 4 is 24.0 Å². The van der Waals surface area contributed by atoms with E-state index >= 15 is 0 Å². The minimum absolute atomic E-state index is 0.0179. The Morgan fingerprint density at radius 1 is 1.08 bits per heavy atom. The van der Waals surface area contributed by atoms with Crippen molar-refractivity contribution in [3.63, 3.8) is 0 Å². The van der Waals surface area contributed by atoms with Crippen molar-refractivity contribution in [1.82, 2.24) is 10.2 Å². The number of benzene rings is 1. The summed E-state index contributed by atoms with van der Waals surface area (Å²) in [6.45, 7) is -0.477. The SMILES string of the molecule is COC(=O)CN1C(=O)N/C(=C/c2c(OC)cc(OC)cc2OC)C1=O. The highest BCUT2D eigenvalue weighted by Crippen LogP contribution is 2.36. The predicted octanol–water partition coefficient (Wildman–Crippen LogP) is 0.778. The van der Waals surface area contributed by atoms with Crippen LogP contribution in [0.4, 0.5) is 4.79 Å². The van der Waals surface area contributed by atoms with Gasteiger partial charge in [-0.2, -0.15) is 0 Å². The van der Waals surface area contributed by atoms with E-state index in [1.807, 2.05) is 0 Å². The second-order valence-electron chi connectivity index (χ2n) is 4.90. The van der Waals surface area contributed by atoms with Crippen LogP contribution < -0.4 is 19.5 Å². The van der Waals surface area contributed by atoms with Crippen LogP contribution in [0.1, 0.15) is 5.56 Å². The maximum Gasteiger partial charge on any atom is 0.329 e. The highest BCUT2D eigenvalue weighted by atomic mass is 16.5. The maximum absolute atomic E-state index is 12.4.